The third-order valence-electron chi connectivity index (χ3n) is 12.0. The van der Waals surface area contributed by atoms with Gasteiger partial charge in [0.1, 0.15) is 25.5 Å². The van der Waals surface area contributed by atoms with Crippen molar-refractivity contribution in [2.45, 2.75) is 64.6 Å². The fourth-order valence-electron chi connectivity index (χ4n) is 10.4. The average molecular weight is 557 g/mol. The summed E-state index contributed by atoms with van der Waals surface area (Å²) in [6.07, 6.45) is 7.97. The molecule has 1 spiro atoms. The third kappa shape index (κ3) is 4.04. The number of hydrogen-bond donors (Lipinski definition) is 1. The van der Waals surface area contributed by atoms with Gasteiger partial charge in [-0.15, -0.1) is 0 Å². The Bertz CT molecular complexity index is 1360. The molecule has 2 aromatic rings. The number of esters is 2. The quantitative estimate of drug-likeness (QED) is 0.382. The number of benzene rings is 2. The van der Waals surface area contributed by atoms with Gasteiger partial charge in [0.15, 0.2) is 6.54 Å². The van der Waals surface area contributed by atoms with Crippen LogP contribution in [0.25, 0.3) is 0 Å². The summed E-state index contributed by atoms with van der Waals surface area (Å²) in [4.78, 5) is 26.0. The van der Waals surface area contributed by atoms with Crippen LogP contribution in [-0.4, -0.2) is 59.7 Å². The number of aliphatic hydroxyl groups excluding tert-OH is 1. The summed E-state index contributed by atoms with van der Waals surface area (Å²) in [5, 5.41) is 11.9. The zero-order chi connectivity index (χ0) is 28.4. The molecule has 9 unspecified atom stereocenters. The van der Waals surface area contributed by atoms with Crippen LogP contribution >= 0.6 is 0 Å². The van der Waals surface area contributed by atoms with E-state index in [0.717, 1.165) is 38.6 Å². The van der Waals surface area contributed by atoms with E-state index in [4.69, 9.17) is 9.47 Å². The second kappa shape index (κ2) is 9.79. The van der Waals surface area contributed by atoms with Crippen molar-refractivity contribution in [3.63, 3.8) is 0 Å². The Morgan fingerprint density at radius 3 is 2.32 bits per heavy atom. The molecule has 7 rings (SSSR count). The molecule has 5 aliphatic rings. The minimum atomic E-state index is -0.473. The SMILES string of the molecule is CC1C2CC3C45C=[N+](CCOC(=O)c6ccccc6)CC(C)(CCC4)C5CC(OC(=O)c4ccccc4)C3(C2)C1O. The molecule has 1 aliphatic heterocycles. The number of nitrogens with zero attached hydrogens (tertiary/aromatic N) is 1. The lowest BCUT2D eigenvalue weighted by Crippen LogP contribution is -2.69. The summed E-state index contributed by atoms with van der Waals surface area (Å²) >= 11 is 0. The molecule has 4 aliphatic carbocycles. The molecule has 4 fully saturated rings. The van der Waals surface area contributed by atoms with Crippen molar-refractivity contribution in [2.24, 2.45) is 39.9 Å². The lowest BCUT2D eigenvalue weighted by molar-refractivity contribution is -0.559. The first kappa shape index (κ1) is 26.9. The Labute approximate surface area is 242 Å². The normalized spacial score (nSPS) is 40.2. The van der Waals surface area contributed by atoms with Crippen LogP contribution in [0.1, 0.15) is 73.1 Å². The first-order valence-electron chi connectivity index (χ1n) is 15.5. The highest BCUT2D eigenvalue weighted by Gasteiger charge is 2.76. The average Bonchev–Trinajstić information content (AvgIpc) is 3.50. The maximum absolute atomic E-state index is 13.4. The fraction of sp³-hybridized carbons (Fsp3) is 0.571. The van der Waals surface area contributed by atoms with Gasteiger partial charge in [0.25, 0.3) is 0 Å². The van der Waals surface area contributed by atoms with E-state index in [-0.39, 0.29) is 40.7 Å². The van der Waals surface area contributed by atoms with Crippen LogP contribution in [0.4, 0.5) is 0 Å². The molecule has 4 saturated carbocycles. The Morgan fingerprint density at radius 2 is 1.63 bits per heavy atom. The lowest BCUT2D eigenvalue weighted by atomic mass is 9.40. The molecule has 0 saturated heterocycles. The Balaban J connectivity index is 1.20. The van der Waals surface area contributed by atoms with Crippen molar-refractivity contribution in [1.82, 2.24) is 0 Å². The van der Waals surface area contributed by atoms with E-state index in [1.165, 1.54) is 6.42 Å². The zero-order valence-corrected chi connectivity index (χ0v) is 24.2. The van der Waals surface area contributed by atoms with E-state index in [1.54, 1.807) is 12.1 Å². The van der Waals surface area contributed by atoms with Crippen LogP contribution in [0.15, 0.2) is 60.7 Å². The number of carbonyl (C=O) groups excluding carboxylic acids is 2. The van der Waals surface area contributed by atoms with Crippen molar-refractivity contribution >= 4 is 18.2 Å². The van der Waals surface area contributed by atoms with E-state index in [9.17, 15) is 14.7 Å². The monoisotopic (exact) mass is 556 g/mol. The van der Waals surface area contributed by atoms with Crippen LogP contribution in [-0.2, 0) is 9.47 Å². The highest BCUT2D eigenvalue weighted by molar-refractivity contribution is 5.90. The molecule has 4 bridgehead atoms. The molecule has 0 radical (unpaired) electrons. The molecule has 41 heavy (non-hydrogen) atoms. The second-order valence-electron chi connectivity index (χ2n) is 13.9. The molecule has 1 heterocycles. The number of ether oxygens (including phenoxy) is 2. The molecule has 216 valence electrons. The van der Waals surface area contributed by atoms with Crippen molar-refractivity contribution in [3.05, 3.63) is 71.8 Å². The highest BCUT2D eigenvalue weighted by atomic mass is 16.5. The summed E-state index contributed by atoms with van der Waals surface area (Å²) in [7, 11) is 0. The third-order valence-corrected chi connectivity index (χ3v) is 12.0. The van der Waals surface area contributed by atoms with Gasteiger partial charge in [-0.2, -0.15) is 0 Å². The maximum Gasteiger partial charge on any atom is 0.338 e. The predicted molar refractivity (Wildman–Crippen MR) is 155 cm³/mol. The van der Waals surface area contributed by atoms with Gasteiger partial charge in [-0.1, -0.05) is 56.7 Å². The van der Waals surface area contributed by atoms with Crippen LogP contribution in [0, 0.1) is 39.9 Å². The first-order chi connectivity index (χ1) is 19.8. The minimum absolute atomic E-state index is 0.0415. The molecular formula is C35H42NO5+. The highest BCUT2D eigenvalue weighted by Crippen LogP contribution is 2.75. The zero-order valence-electron chi connectivity index (χ0n) is 24.2. The number of rotatable bonds is 6. The van der Waals surface area contributed by atoms with Gasteiger partial charge in [-0.25, -0.2) is 14.2 Å². The van der Waals surface area contributed by atoms with E-state index in [2.05, 4.69) is 24.6 Å². The summed E-state index contributed by atoms with van der Waals surface area (Å²) in [5.41, 5.74) is 0.762. The van der Waals surface area contributed by atoms with Crippen molar-refractivity contribution in [1.29, 1.82) is 0 Å². The van der Waals surface area contributed by atoms with Gasteiger partial charge in [0.05, 0.1) is 22.6 Å². The van der Waals surface area contributed by atoms with E-state index in [0.29, 0.717) is 36.1 Å². The Hall–Kier alpha value is -2.99. The molecular weight excluding hydrogens is 514 g/mol. The van der Waals surface area contributed by atoms with E-state index in [1.807, 2.05) is 48.5 Å². The largest absolute Gasteiger partial charge is 0.458 e. The van der Waals surface area contributed by atoms with Crippen LogP contribution in [0.5, 0.6) is 0 Å². The minimum Gasteiger partial charge on any atom is -0.458 e. The summed E-state index contributed by atoms with van der Waals surface area (Å²) in [5.74, 6) is 0.765. The molecule has 6 heteroatoms. The predicted octanol–water partition coefficient (Wildman–Crippen LogP) is 5.39. The van der Waals surface area contributed by atoms with Crippen LogP contribution in [0.2, 0.25) is 0 Å². The number of carbonyl (C=O) groups is 2. The van der Waals surface area contributed by atoms with Crippen LogP contribution in [0.3, 0.4) is 0 Å². The molecule has 0 aromatic heterocycles. The number of fused-ring (bicyclic) bond motifs is 1. The van der Waals surface area contributed by atoms with Crippen molar-refractivity contribution in [3.8, 4) is 0 Å². The molecule has 9 atom stereocenters. The van der Waals surface area contributed by atoms with Crippen molar-refractivity contribution in [2.75, 3.05) is 19.7 Å². The fourth-order valence-corrected chi connectivity index (χ4v) is 10.4. The van der Waals surface area contributed by atoms with Gasteiger partial charge >= 0.3 is 11.9 Å². The van der Waals surface area contributed by atoms with E-state index < -0.39 is 11.5 Å². The summed E-state index contributed by atoms with van der Waals surface area (Å²) < 4.78 is 14.6. The summed E-state index contributed by atoms with van der Waals surface area (Å²) in [6, 6.07) is 18.5. The number of aliphatic hydroxyl groups is 1. The molecule has 2 aromatic carbocycles. The Kier molecular flexibility index (Phi) is 6.42. The van der Waals surface area contributed by atoms with Gasteiger partial charge in [0, 0.05) is 10.8 Å². The topological polar surface area (TPSA) is 75.8 Å². The molecule has 0 amide bonds. The van der Waals surface area contributed by atoms with Crippen LogP contribution < -0.4 is 0 Å². The van der Waals surface area contributed by atoms with Gasteiger partial charge < -0.3 is 14.6 Å². The lowest BCUT2D eigenvalue weighted by Gasteiger charge is -2.64. The second-order valence-corrected chi connectivity index (χ2v) is 13.9. The van der Waals surface area contributed by atoms with Gasteiger partial charge in [-0.3, -0.25) is 0 Å². The summed E-state index contributed by atoms with van der Waals surface area (Å²) in [6.45, 7) is 6.52. The smallest absolute Gasteiger partial charge is 0.338 e. The molecule has 6 nitrogen and oxygen atoms in total. The first-order valence-corrected chi connectivity index (χ1v) is 15.5. The maximum atomic E-state index is 13.4. The Morgan fingerprint density at radius 1 is 0.951 bits per heavy atom. The molecule has 1 N–H and O–H groups in total. The van der Waals surface area contributed by atoms with Crippen molar-refractivity contribution < 1.29 is 28.7 Å². The van der Waals surface area contributed by atoms with E-state index >= 15 is 0 Å². The number of hydrogen-bond acceptors (Lipinski definition) is 5. The van der Waals surface area contributed by atoms with Gasteiger partial charge in [0.2, 0.25) is 0 Å². The standard InChI is InChI=1S/C35H42NO5/c1-23-26-18-28-34-15-9-14-33(2,21-36(22-34)16-17-40-31(38)24-10-5-3-6-11-24)27(34)19-29(35(28,20-26)30(23)37)41-32(39)25-12-7-4-8-13-25/h3-8,10-13,22-23,26-30,37H,9,14-21H2,1-2H3/q+1. The van der Waals surface area contributed by atoms with Gasteiger partial charge in [-0.05, 0) is 80.0 Å².